The Morgan fingerprint density at radius 3 is 2.55 bits per heavy atom. The van der Waals surface area contributed by atoms with Crippen LogP contribution in [0.15, 0.2) is 79.0 Å². The van der Waals surface area contributed by atoms with E-state index in [-0.39, 0.29) is 11.8 Å². The van der Waals surface area contributed by atoms with Gasteiger partial charge in [0.05, 0.1) is 11.3 Å². The van der Waals surface area contributed by atoms with E-state index in [1.165, 1.54) is 0 Å². The molecule has 1 aliphatic heterocycles. The van der Waals surface area contributed by atoms with Gasteiger partial charge in [0.15, 0.2) is 0 Å². The smallest absolute Gasteiger partial charge is 0.259 e. The first kappa shape index (κ1) is 20.7. The summed E-state index contributed by atoms with van der Waals surface area (Å²) < 4.78 is 1.74. The Hall–Kier alpha value is -4.19. The highest BCUT2D eigenvalue weighted by Gasteiger charge is 2.23. The first-order valence-electron chi connectivity index (χ1n) is 10.9. The zero-order valence-electron chi connectivity index (χ0n) is 18.6. The normalized spacial score (nSPS) is 12.5. The summed E-state index contributed by atoms with van der Waals surface area (Å²) in [7, 11) is 0. The molecular weight excluding hydrogens is 412 g/mol. The number of anilines is 2. The second-order valence-electron chi connectivity index (χ2n) is 8.26. The van der Waals surface area contributed by atoms with Crippen molar-refractivity contribution in [3.8, 4) is 16.9 Å². The molecule has 0 spiro atoms. The Morgan fingerprint density at radius 1 is 0.970 bits per heavy atom. The van der Waals surface area contributed by atoms with Crippen LogP contribution in [0.2, 0.25) is 0 Å². The fourth-order valence-electron chi connectivity index (χ4n) is 4.26. The first-order chi connectivity index (χ1) is 16.0. The molecule has 0 saturated carbocycles. The number of aromatic nitrogens is 2. The molecule has 5 rings (SSSR count). The third-order valence-electron chi connectivity index (χ3n) is 5.88. The zero-order chi connectivity index (χ0) is 22.9. The van der Waals surface area contributed by atoms with E-state index >= 15 is 0 Å². The minimum absolute atomic E-state index is 0.0293. The van der Waals surface area contributed by atoms with Gasteiger partial charge in [-0.15, -0.1) is 0 Å². The van der Waals surface area contributed by atoms with Crippen molar-refractivity contribution in [1.82, 2.24) is 9.78 Å². The van der Waals surface area contributed by atoms with Crippen LogP contribution in [0, 0.1) is 6.92 Å². The summed E-state index contributed by atoms with van der Waals surface area (Å²) in [6, 6.07) is 23.4. The predicted molar refractivity (Wildman–Crippen MR) is 130 cm³/mol. The Labute approximate surface area is 192 Å². The SMILES string of the molecule is CC(=O)N1CCc2cc(NC(=O)c3cn(-c4ccccc4)nc3-c3cccc(C)c3)ccc21. The van der Waals surface area contributed by atoms with Gasteiger partial charge >= 0.3 is 0 Å². The van der Waals surface area contributed by atoms with E-state index in [0.717, 1.165) is 34.5 Å². The van der Waals surface area contributed by atoms with Crippen LogP contribution in [0.1, 0.15) is 28.4 Å². The molecule has 6 heteroatoms. The second-order valence-corrected chi connectivity index (χ2v) is 8.26. The minimum Gasteiger partial charge on any atom is -0.322 e. The molecule has 0 fully saturated rings. The molecule has 1 aromatic heterocycles. The van der Waals surface area contributed by atoms with E-state index in [0.29, 0.717) is 23.5 Å². The van der Waals surface area contributed by atoms with Gasteiger partial charge in [-0.3, -0.25) is 9.59 Å². The molecule has 6 nitrogen and oxygen atoms in total. The highest BCUT2D eigenvalue weighted by atomic mass is 16.2. The number of rotatable bonds is 4. The van der Waals surface area contributed by atoms with Gasteiger partial charge in [-0.1, -0.05) is 42.0 Å². The Balaban J connectivity index is 1.50. The largest absolute Gasteiger partial charge is 0.322 e. The van der Waals surface area contributed by atoms with Crippen LogP contribution in [-0.4, -0.2) is 28.1 Å². The molecule has 0 unspecified atom stereocenters. The molecule has 0 radical (unpaired) electrons. The van der Waals surface area contributed by atoms with Gasteiger partial charge in [-0.05, 0) is 55.3 Å². The van der Waals surface area contributed by atoms with Gasteiger partial charge in [0, 0.05) is 36.6 Å². The first-order valence-corrected chi connectivity index (χ1v) is 10.9. The fourth-order valence-corrected chi connectivity index (χ4v) is 4.26. The van der Waals surface area contributed by atoms with E-state index in [1.807, 2.05) is 79.7 Å². The lowest BCUT2D eigenvalue weighted by molar-refractivity contribution is -0.116. The summed E-state index contributed by atoms with van der Waals surface area (Å²) in [5.41, 5.74) is 6.67. The fraction of sp³-hybridized carbons (Fsp3) is 0.148. The van der Waals surface area contributed by atoms with Gasteiger partial charge in [0.2, 0.25) is 5.91 Å². The molecule has 3 aromatic carbocycles. The summed E-state index contributed by atoms with van der Waals surface area (Å²) in [6.07, 6.45) is 2.55. The molecule has 0 bridgehead atoms. The van der Waals surface area contributed by atoms with Crippen LogP contribution in [0.5, 0.6) is 0 Å². The highest BCUT2D eigenvalue weighted by Crippen LogP contribution is 2.31. The van der Waals surface area contributed by atoms with Crippen molar-refractivity contribution in [2.75, 3.05) is 16.8 Å². The van der Waals surface area contributed by atoms with Crippen LogP contribution >= 0.6 is 0 Å². The van der Waals surface area contributed by atoms with Crippen molar-refractivity contribution < 1.29 is 9.59 Å². The van der Waals surface area contributed by atoms with Crippen LogP contribution in [-0.2, 0) is 11.2 Å². The van der Waals surface area contributed by atoms with Crippen molar-refractivity contribution >= 4 is 23.2 Å². The maximum Gasteiger partial charge on any atom is 0.259 e. The van der Waals surface area contributed by atoms with Crippen molar-refractivity contribution in [2.45, 2.75) is 20.3 Å². The molecular formula is C27H24N4O2. The summed E-state index contributed by atoms with van der Waals surface area (Å²) in [6.45, 7) is 4.26. The molecule has 1 N–H and O–H groups in total. The summed E-state index contributed by atoms with van der Waals surface area (Å²) in [4.78, 5) is 27.0. The summed E-state index contributed by atoms with van der Waals surface area (Å²) >= 11 is 0. The summed E-state index contributed by atoms with van der Waals surface area (Å²) in [5, 5.41) is 7.78. The molecule has 0 saturated heterocycles. The minimum atomic E-state index is -0.227. The van der Waals surface area contributed by atoms with Crippen molar-refractivity contribution in [3.05, 3.63) is 95.7 Å². The maximum absolute atomic E-state index is 13.4. The molecule has 164 valence electrons. The lowest BCUT2D eigenvalue weighted by Crippen LogP contribution is -2.25. The second kappa shape index (κ2) is 8.39. The average Bonchev–Trinajstić information content (AvgIpc) is 3.44. The van der Waals surface area contributed by atoms with Gasteiger partial charge < -0.3 is 10.2 Å². The number of carbonyl (C=O) groups excluding carboxylic acids is 2. The van der Waals surface area contributed by atoms with Crippen LogP contribution in [0.4, 0.5) is 11.4 Å². The van der Waals surface area contributed by atoms with Gasteiger partial charge in [0.25, 0.3) is 5.91 Å². The summed E-state index contributed by atoms with van der Waals surface area (Å²) in [5.74, 6) is -0.197. The van der Waals surface area contributed by atoms with Gasteiger partial charge in [0.1, 0.15) is 5.69 Å². The third-order valence-corrected chi connectivity index (χ3v) is 5.88. The van der Waals surface area contributed by atoms with Crippen molar-refractivity contribution in [2.24, 2.45) is 0 Å². The Bertz CT molecular complexity index is 1360. The number of benzene rings is 3. The van der Waals surface area contributed by atoms with Crippen LogP contribution in [0.3, 0.4) is 0 Å². The van der Waals surface area contributed by atoms with Gasteiger partial charge in [-0.25, -0.2) is 4.68 Å². The molecule has 2 heterocycles. The van der Waals surface area contributed by atoms with Crippen LogP contribution < -0.4 is 10.2 Å². The lowest BCUT2D eigenvalue weighted by atomic mass is 10.1. The number of aryl methyl sites for hydroxylation is 1. The number of para-hydroxylation sites is 1. The topological polar surface area (TPSA) is 67.2 Å². The van der Waals surface area contributed by atoms with Crippen LogP contribution in [0.25, 0.3) is 16.9 Å². The van der Waals surface area contributed by atoms with Gasteiger partial charge in [-0.2, -0.15) is 5.10 Å². The standard InChI is InChI=1S/C27H24N4O2/c1-18-7-6-8-21(15-18)26-24(17-31(29-26)23-9-4-3-5-10-23)27(33)28-22-11-12-25-20(16-22)13-14-30(25)19(2)32/h3-12,15-17H,13-14H2,1-2H3,(H,28,33). The predicted octanol–water partition coefficient (Wildman–Crippen LogP) is 5.01. The number of carbonyl (C=O) groups is 2. The van der Waals surface area contributed by atoms with E-state index in [2.05, 4.69) is 5.32 Å². The number of hydrogen-bond donors (Lipinski definition) is 1. The molecule has 4 aromatic rings. The number of hydrogen-bond acceptors (Lipinski definition) is 3. The number of fused-ring (bicyclic) bond motifs is 1. The molecule has 33 heavy (non-hydrogen) atoms. The maximum atomic E-state index is 13.4. The zero-order valence-corrected chi connectivity index (χ0v) is 18.6. The molecule has 0 aliphatic carbocycles. The molecule has 1 aliphatic rings. The number of nitrogens with zero attached hydrogens (tertiary/aromatic N) is 3. The Morgan fingerprint density at radius 2 is 1.79 bits per heavy atom. The lowest BCUT2D eigenvalue weighted by Gasteiger charge is -2.15. The van der Waals surface area contributed by atoms with Crippen molar-refractivity contribution in [1.29, 1.82) is 0 Å². The average molecular weight is 437 g/mol. The van der Waals surface area contributed by atoms with E-state index < -0.39 is 0 Å². The van der Waals surface area contributed by atoms with Crippen molar-refractivity contribution in [3.63, 3.8) is 0 Å². The van der Waals surface area contributed by atoms with E-state index in [9.17, 15) is 9.59 Å². The Kier molecular flexibility index (Phi) is 5.26. The number of amides is 2. The third kappa shape index (κ3) is 4.03. The molecule has 0 atom stereocenters. The van der Waals surface area contributed by atoms with E-state index in [1.54, 1.807) is 22.7 Å². The number of nitrogens with one attached hydrogen (secondary N) is 1. The monoisotopic (exact) mass is 436 g/mol. The highest BCUT2D eigenvalue weighted by molar-refractivity contribution is 6.08. The van der Waals surface area contributed by atoms with E-state index in [4.69, 9.17) is 5.10 Å². The molecule has 2 amide bonds. The quantitative estimate of drug-likeness (QED) is 0.489.